The van der Waals surface area contributed by atoms with E-state index in [9.17, 15) is 4.79 Å². The minimum absolute atomic E-state index is 0.124. The lowest BCUT2D eigenvalue weighted by atomic mass is 10.1. The van der Waals surface area contributed by atoms with E-state index in [1.165, 1.54) is 4.70 Å². The number of fused-ring (bicyclic) bond motifs is 1. The molecule has 1 heterocycles. The number of thiophene rings is 1. The largest absolute Gasteiger partial charge is 0.493 e. The minimum Gasteiger partial charge on any atom is -0.493 e. The Bertz CT molecular complexity index is 890. The predicted molar refractivity (Wildman–Crippen MR) is 101 cm³/mol. The molecule has 0 saturated carbocycles. The second kappa shape index (κ2) is 8.10. The van der Waals surface area contributed by atoms with Crippen molar-refractivity contribution >= 4 is 27.4 Å². The maximum atomic E-state index is 12.3. The van der Waals surface area contributed by atoms with Gasteiger partial charge in [-0.2, -0.15) is 0 Å². The van der Waals surface area contributed by atoms with Crippen LogP contribution in [0.3, 0.4) is 0 Å². The number of rotatable bonds is 7. The van der Waals surface area contributed by atoms with Crippen LogP contribution in [0.1, 0.15) is 11.1 Å². The molecule has 0 aliphatic heterocycles. The molecular formula is C20H20O5S. The Kier molecular flexibility index (Phi) is 5.63. The van der Waals surface area contributed by atoms with Gasteiger partial charge in [0, 0.05) is 10.3 Å². The molecule has 0 atom stereocenters. The molecule has 3 rings (SSSR count). The van der Waals surface area contributed by atoms with Gasteiger partial charge >= 0.3 is 5.97 Å². The number of hydrogen-bond donors (Lipinski definition) is 0. The van der Waals surface area contributed by atoms with Crippen molar-refractivity contribution in [3.63, 3.8) is 0 Å². The van der Waals surface area contributed by atoms with Crippen molar-refractivity contribution in [3.05, 3.63) is 52.9 Å². The highest BCUT2D eigenvalue weighted by atomic mass is 32.1. The Balaban J connectivity index is 1.70. The van der Waals surface area contributed by atoms with E-state index in [0.717, 1.165) is 16.5 Å². The molecule has 0 unspecified atom stereocenters. The average molecular weight is 372 g/mol. The number of esters is 1. The zero-order chi connectivity index (χ0) is 18.5. The standard InChI is InChI=1S/C20H20O5S/c1-22-16-8-13(9-17(23-2)20(16)24-3)10-19(21)25-11-14-12-26-18-7-5-4-6-15(14)18/h4-9,12H,10-11H2,1-3H3. The molecule has 2 aromatic carbocycles. The van der Waals surface area contributed by atoms with Gasteiger partial charge in [0.25, 0.3) is 0 Å². The van der Waals surface area contributed by atoms with Gasteiger partial charge in [-0.05, 0) is 34.5 Å². The van der Waals surface area contributed by atoms with Crippen LogP contribution >= 0.6 is 11.3 Å². The van der Waals surface area contributed by atoms with Crippen molar-refractivity contribution in [3.8, 4) is 17.2 Å². The van der Waals surface area contributed by atoms with Gasteiger partial charge in [0.15, 0.2) is 11.5 Å². The topological polar surface area (TPSA) is 54.0 Å². The van der Waals surface area contributed by atoms with Crippen LogP contribution in [0.4, 0.5) is 0 Å². The summed E-state index contributed by atoms with van der Waals surface area (Å²) < 4.78 is 22.6. The van der Waals surface area contributed by atoms with Gasteiger partial charge in [0.05, 0.1) is 27.8 Å². The van der Waals surface area contributed by atoms with Crippen LogP contribution in [0.5, 0.6) is 17.2 Å². The summed E-state index contributed by atoms with van der Waals surface area (Å²) in [5.41, 5.74) is 1.75. The van der Waals surface area contributed by atoms with Crippen LogP contribution in [-0.4, -0.2) is 27.3 Å². The SMILES string of the molecule is COc1cc(CC(=O)OCc2csc3ccccc23)cc(OC)c1OC. The average Bonchev–Trinajstić information content (AvgIpc) is 3.08. The molecule has 0 bridgehead atoms. The molecule has 0 radical (unpaired) electrons. The molecule has 0 spiro atoms. The molecule has 26 heavy (non-hydrogen) atoms. The smallest absolute Gasteiger partial charge is 0.310 e. The fraction of sp³-hybridized carbons (Fsp3) is 0.250. The quantitative estimate of drug-likeness (QED) is 0.582. The van der Waals surface area contributed by atoms with Crippen molar-refractivity contribution in [2.24, 2.45) is 0 Å². The van der Waals surface area contributed by atoms with Crippen LogP contribution in [-0.2, 0) is 22.6 Å². The van der Waals surface area contributed by atoms with Gasteiger partial charge in [-0.1, -0.05) is 18.2 Å². The van der Waals surface area contributed by atoms with E-state index in [1.54, 1.807) is 44.8 Å². The highest BCUT2D eigenvalue weighted by molar-refractivity contribution is 7.17. The second-order valence-electron chi connectivity index (χ2n) is 5.63. The molecule has 0 saturated heterocycles. The number of carbonyl (C=O) groups excluding carboxylic acids is 1. The van der Waals surface area contributed by atoms with E-state index in [2.05, 4.69) is 6.07 Å². The summed E-state index contributed by atoms with van der Waals surface area (Å²) in [6, 6.07) is 11.6. The molecule has 0 N–H and O–H groups in total. The van der Waals surface area contributed by atoms with Gasteiger partial charge in [0.2, 0.25) is 5.75 Å². The Morgan fingerprint density at radius 3 is 2.35 bits per heavy atom. The first-order valence-corrected chi connectivity index (χ1v) is 8.93. The third-order valence-corrected chi connectivity index (χ3v) is 5.04. The lowest BCUT2D eigenvalue weighted by Gasteiger charge is -2.14. The third-order valence-electron chi connectivity index (χ3n) is 4.02. The van der Waals surface area contributed by atoms with Gasteiger partial charge in [-0.3, -0.25) is 4.79 Å². The fourth-order valence-electron chi connectivity index (χ4n) is 2.76. The van der Waals surface area contributed by atoms with Crippen molar-refractivity contribution in [1.82, 2.24) is 0 Å². The maximum Gasteiger partial charge on any atom is 0.310 e. The maximum absolute atomic E-state index is 12.3. The van der Waals surface area contributed by atoms with Crippen molar-refractivity contribution in [2.45, 2.75) is 13.0 Å². The van der Waals surface area contributed by atoms with E-state index < -0.39 is 0 Å². The van der Waals surface area contributed by atoms with Crippen LogP contribution in [0.25, 0.3) is 10.1 Å². The first-order valence-electron chi connectivity index (χ1n) is 8.06. The van der Waals surface area contributed by atoms with Gasteiger partial charge in [-0.15, -0.1) is 11.3 Å². The fourth-order valence-corrected chi connectivity index (χ4v) is 3.71. The Labute approximate surface area is 156 Å². The first kappa shape index (κ1) is 18.1. The van der Waals surface area contributed by atoms with E-state index in [0.29, 0.717) is 17.2 Å². The van der Waals surface area contributed by atoms with Crippen molar-refractivity contribution < 1.29 is 23.7 Å². The lowest BCUT2D eigenvalue weighted by Crippen LogP contribution is -2.08. The van der Waals surface area contributed by atoms with Crippen LogP contribution in [0.2, 0.25) is 0 Å². The summed E-state index contributed by atoms with van der Waals surface area (Å²) >= 11 is 1.65. The molecule has 6 heteroatoms. The highest BCUT2D eigenvalue weighted by Gasteiger charge is 2.16. The molecule has 3 aromatic rings. The predicted octanol–water partition coefficient (Wildman–Crippen LogP) is 4.21. The summed E-state index contributed by atoms with van der Waals surface area (Å²) in [4.78, 5) is 12.3. The zero-order valence-electron chi connectivity index (χ0n) is 14.9. The number of carbonyl (C=O) groups is 1. The molecule has 0 fully saturated rings. The molecule has 0 aliphatic carbocycles. The summed E-state index contributed by atoms with van der Waals surface area (Å²) in [6.07, 6.45) is 0.124. The van der Waals surface area contributed by atoms with Crippen LogP contribution in [0.15, 0.2) is 41.8 Å². The summed E-state index contributed by atoms with van der Waals surface area (Å²) in [5.74, 6) is 1.21. The minimum atomic E-state index is -0.311. The highest BCUT2D eigenvalue weighted by Crippen LogP contribution is 2.38. The molecule has 0 amide bonds. The van der Waals surface area contributed by atoms with Crippen LogP contribution < -0.4 is 14.2 Å². The monoisotopic (exact) mass is 372 g/mol. The molecule has 136 valence electrons. The first-order chi connectivity index (χ1) is 12.7. The second-order valence-corrected chi connectivity index (χ2v) is 6.54. The van der Waals surface area contributed by atoms with E-state index in [-0.39, 0.29) is 19.0 Å². The normalized spacial score (nSPS) is 10.6. The van der Waals surface area contributed by atoms with Gasteiger partial charge in [0.1, 0.15) is 6.61 Å². The summed E-state index contributed by atoms with van der Waals surface area (Å²) in [6.45, 7) is 0.257. The Morgan fingerprint density at radius 1 is 1.00 bits per heavy atom. The Morgan fingerprint density at radius 2 is 1.69 bits per heavy atom. The van der Waals surface area contributed by atoms with Gasteiger partial charge < -0.3 is 18.9 Å². The number of hydrogen-bond acceptors (Lipinski definition) is 6. The third kappa shape index (κ3) is 3.75. The number of ether oxygens (including phenoxy) is 4. The molecule has 0 aliphatic rings. The van der Waals surface area contributed by atoms with Crippen LogP contribution in [0, 0.1) is 0 Å². The van der Waals surface area contributed by atoms with E-state index >= 15 is 0 Å². The summed E-state index contributed by atoms with van der Waals surface area (Å²) in [7, 11) is 4.63. The van der Waals surface area contributed by atoms with Gasteiger partial charge in [-0.25, -0.2) is 0 Å². The van der Waals surface area contributed by atoms with Crippen molar-refractivity contribution in [2.75, 3.05) is 21.3 Å². The molecular weight excluding hydrogens is 352 g/mol. The Hall–Kier alpha value is -2.73. The molecule has 1 aromatic heterocycles. The lowest BCUT2D eigenvalue weighted by molar-refractivity contribution is -0.144. The molecule has 5 nitrogen and oxygen atoms in total. The summed E-state index contributed by atoms with van der Waals surface area (Å²) in [5, 5.41) is 3.15. The zero-order valence-corrected chi connectivity index (χ0v) is 15.7. The number of methoxy groups -OCH3 is 3. The van der Waals surface area contributed by atoms with E-state index in [1.807, 2.05) is 23.6 Å². The van der Waals surface area contributed by atoms with E-state index in [4.69, 9.17) is 18.9 Å². The number of benzene rings is 2. The van der Waals surface area contributed by atoms with Crippen molar-refractivity contribution in [1.29, 1.82) is 0 Å².